The topological polar surface area (TPSA) is 42.5 Å². The van der Waals surface area contributed by atoms with Crippen LogP contribution in [-0.2, 0) is 6.42 Å². The predicted octanol–water partition coefficient (Wildman–Crippen LogP) is 6.52. The fourth-order valence-electron chi connectivity index (χ4n) is 4.00. The molecule has 0 unspecified atom stereocenters. The summed E-state index contributed by atoms with van der Waals surface area (Å²) in [6.45, 7) is 2.09. The molecule has 0 saturated heterocycles. The zero-order valence-electron chi connectivity index (χ0n) is 18.6. The van der Waals surface area contributed by atoms with Crippen LogP contribution in [0.5, 0.6) is 0 Å². The van der Waals surface area contributed by atoms with E-state index in [0.29, 0.717) is 0 Å². The van der Waals surface area contributed by atoms with Crippen molar-refractivity contribution in [3.63, 3.8) is 0 Å². The highest BCUT2D eigenvalue weighted by atomic mass is 32.2. The van der Waals surface area contributed by atoms with Crippen LogP contribution >= 0.6 is 11.8 Å². The highest BCUT2D eigenvalue weighted by Gasteiger charge is 2.15. The number of rotatable bonds is 6. The van der Waals surface area contributed by atoms with Crippen molar-refractivity contribution in [2.75, 3.05) is 6.26 Å². The lowest BCUT2D eigenvalue weighted by molar-refractivity contribution is 0.891. The van der Waals surface area contributed by atoms with Crippen LogP contribution in [0.15, 0.2) is 107 Å². The summed E-state index contributed by atoms with van der Waals surface area (Å²) in [5, 5.41) is 4.44. The van der Waals surface area contributed by atoms with Gasteiger partial charge in [0.2, 0.25) is 0 Å². The summed E-state index contributed by atoms with van der Waals surface area (Å²) in [7, 11) is 0. The second kappa shape index (κ2) is 9.43. The molecule has 162 valence electrons. The maximum Gasteiger partial charge on any atom is 0.157 e. The third-order valence-electron chi connectivity index (χ3n) is 5.77. The molecule has 33 heavy (non-hydrogen) atoms. The van der Waals surface area contributed by atoms with Crippen LogP contribution in [0.1, 0.15) is 27.9 Å². The first-order valence-corrected chi connectivity index (χ1v) is 12.1. The van der Waals surface area contributed by atoms with Crippen molar-refractivity contribution in [3.05, 3.63) is 125 Å². The summed E-state index contributed by atoms with van der Waals surface area (Å²) in [6, 6.07) is 31.5. The number of fused-ring (bicyclic) bond motifs is 1. The highest BCUT2D eigenvalue weighted by Crippen LogP contribution is 2.29. The Hall–Kier alpha value is -3.70. The van der Waals surface area contributed by atoms with E-state index in [1.54, 1.807) is 18.1 Å². The Morgan fingerprint density at radius 3 is 2.12 bits per heavy atom. The first kappa shape index (κ1) is 21.2. The largest absolute Gasteiger partial charge is 0.247 e. The average molecular weight is 449 g/mol. The molecule has 0 fully saturated rings. The molecule has 0 spiro atoms. The van der Waals surface area contributed by atoms with Crippen molar-refractivity contribution >= 4 is 28.8 Å². The van der Waals surface area contributed by atoms with Gasteiger partial charge in [-0.1, -0.05) is 72.8 Å². The molecule has 0 aliphatic heterocycles. The van der Waals surface area contributed by atoms with Gasteiger partial charge in [0.05, 0.1) is 11.4 Å². The second-order valence-corrected chi connectivity index (χ2v) is 8.72. The van der Waals surface area contributed by atoms with Gasteiger partial charge in [-0.05, 0) is 30.9 Å². The zero-order valence-corrected chi connectivity index (χ0v) is 19.5. The van der Waals surface area contributed by atoms with Crippen LogP contribution in [0, 0.1) is 6.92 Å². The molecule has 0 aliphatic carbocycles. The Kier molecular flexibility index (Phi) is 6.05. The molecule has 0 amide bonds. The lowest BCUT2D eigenvalue weighted by Gasteiger charge is -2.14. The summed E-state index contributed by atoms with van der Waals surface area (Å²) < 4.78 is 1.90. The first-order valence-electron chi connectivity index (χ1n) is 10.9. The Bertz CT molecular complexity index is 1360. The number of thioether (sulfide) groups is 1. The van der Waals surface area contributed by atoms with Crippen LogP contribution in [-0.4, -0.2) is 26.6 Å². The molecular formula is C28H24N4S. The normalized spacial score (nSPS) is 11.0. The number of hydrogen-bond donors (Lipinski definition) is 0. The summed E-state index contributed by atoms with van der Waals surface area (Å²) in [5.41, 5.74) is 8.27. The second-order valence-electron chi connectivity index (χ2n) is 7.84. The van der Waals surface area contributed by atoms with Crippen LogP contribution in [0.2, 0.25) is 0 Å². The summed E-state index contributed by atoms with van der Waals surface area (Å²) in [5.74, 6) is 0. The summed E-state index contributed by atoms with van der Waals surface area (Å²) >= 11 is 1.75. The van der Waals surface area contributed by atoms with E-state index < -0.39 is 0 Å². The Labute approximate surface area is 198 Å². The smallest absolute Gasteiger partial charge is 0.157 e. The van der Waals surface area contributed by atoms with Crippen LogP contribution in [0.3, 0.4) is 0 Å². The average Bonchev–Trinajstić information content (AvgIpc) is 3.35. The minimum Gasteiger partial charge on any atom is -0.247 e. The van der Waals surface area contributed by atoms with Gasteiger partial charge in [0.15, 0.2) is 5.65 Å². The molecule has 5 aromatic rings. The number of aromatic nitrogens is 3. The summed E-state index contributed by atoms with van der Waals surface area (Å²) in [4.78, 5) is 11.0. The fraction of sp³-hybridized carbons (Fsp3) is 0.107. The number of aryl methyl sites for hydroxylation is 1. The van der Waals surface area contributed by atoms with Gasteiger partial charge in [-0.25, -0.2) is 14.5 Å². The molecule has 5 rings (SSSR count). The van der Waals surface area contributed by atoms with E-state index in [9.17, 15) is 0 Å². The molecule has 3 aromatic carbocycles. The van der Waals surface area contributed by atoms with E-state index in [-0.39, 0.29) is 0 Å². The maximum atomic E-state index is 5.25. The number of hydrogen-bond acceptors (Lipinski definition) is 4. The minimum absolute atomic E-state index is 0.770. The van der Waals surface area contributed by atoms with Crippen molar-refractivity contribution in [2.24, 2.45) is 4.99 Å². The number of benzene rings is 3. The monoisotopic (exact) mass is 448 g/mol. The summed E-state index contributed by atoms with van der Waals surface area (Å²) in [6.07, 6.45) is 4.47. The van der Waals surface area contributed by atoms with Gasteiger partial charge in [0.25, 0.3) is 0 Å². The molecule has 2 aromatic heterocycles. The van der Waals surface area contributed by atoms with Gasteiger partial charge in [-0.2, -0.15) is 5.10 Å². The molecule has 4 nitrogen and oxygen atoms in total. The van der Waals surface area contributed by atoms with Crippen LogP contribution in [0.4, 0.5) is 5.69 Å². The number of aliphatic imine (C=N–C) groups is 1. The SMILES string of the molecule is CSc1ccc(Cc2c(N=C(c3ccccc3)c3ccccc3)cc3ncnn3c2C)cc1. The quantitative estimate of drug-likeness (QED) is 0.219. The van der Waals surface area contributed by atoms with E-state index in [1.807, 2.05) is 22.7 Å². The first-order chi connectivity index (χ1) is 16.2. The molecule has 5 heteroatoms. The van der Waals surface area contributed by atoms with Crippen molar-refractivity contribution in [2.45, 2.75) is 18.2 Å². The third kappa shape index (κ3) is 4.45. The molecule has 0 N–H and O–H groups in total. The molecule has 0 bridgehead atoms. The van der Waals surface area contributed by atoms with E-state index in [2.05, 4.69) is 96.1 Å². The Balaban J connectivity index is 1.69. The predicted molar refractivity (Wildman–Crippen MR) is 137 cm³/mol. The van der Waals surface area contributed by atoms with Crippen molar-refractivity contribution in [3.8, 4) is 0 Å². The van der Waals surface area contributed by atoms with Gasteiger partial charge in [-0.3, -0.25) is 0 Å². The van der Waals surface area contributed by atoms with E-state index in [0.717, 1.165) is 45.9 Å². The zero-order chi connectivity index (χ0) is 22.6. The molecule has 0 aliphatic rings. The van der Waals surface area contributed by atoms with Crippen LogP contribution in [0.25, 0.3) is 5.65 Å². The maximum absolute atomic E-state index is 5.25. The number of nitrogens with zero attached hydrogens (tertiary/aromatic N) is 4. The highest BCUT2D eigenvalue weighted by molar-refractivity contribution is 7.98. The molecule has 0 radical (unpaired) electrons. The van der Waals surface area contributed by atoms with Gasteiger partial charge in [0.1, 0.15) is 6.33 Å². The van der Waals surface area contributed by atoms with E-state index in [1.165, 1.54) is 10.5 Å². The molecular weight excluding hydrogens is 424 g/mol. The van der Waals surface area contributed by atoms with E-state index in [4.69, 9.17) is 4.99 Å². The van der Waals surface area contributed by atoms with Crippen molar-refractivity contribution < 1.29 is 0 Å². The van der Waals surface area contributed by atoms with Gasteiger partial charge < -0.3 is 0 Å². The fourth-order valence-corrected chi connectivity index (χ4v) is 4.41. The molecule has 2 heterocycles. The minimum atomic E-state index is 0.770. The lowest BCUT2D eigenvalue weighted by atomic mass is 10.00. The van der Waals surface area contributed by atoms with Gasteiger partial charge in [-0.15, -0.1) is 11.8 Å². The van der Waals surface area contributed by atoms with E-state index >= 15 is 0 Å². The standard InChI is InChI=1S/C28H24N4S/c1-20-25(17-21-13-15-24(33-2)16-14-21)26(18-27-29-19-30-32(20)27)31-28(22-9-5-3-6-10-22)23-11-7-4-8-12-23/h3-16,18-19H,17H2,1-2H3. The Morgan fingerprint density at radius 2 is 1.52 bits per heavy atom. The molecule has 0 atom stereocenters. The van der Waals surface area contributed by atoms with Crippen LogP contribution < -0.4 is 0 Å². The molecule has 0 saturated carbocycles. The third-order valence-corrected chi connectivity index (χ3v) is 6.51. The van der Waals surface area contributed by atoms with Gasteiger partial charge in [0, 0.05) is 39.8 Å². The number of pyridine rings is 1. The van der Waals surface area contributed by atoms with Crippen molar-refractivity contribution in [1.82, 2.24) is 14.6 Å². The Morgan fingerprint density at radius 1 is 0.879 bits per heavy atom. The van der Waals surface area contributed by atoms with Gasteiger partial charge >= 0.3 is 0 Å². The van der Waals surface area contributed by atoms with Crippen molar-refractivity contribution in [1.29, 1.82) is 0 Å². The lowest BCUT2D eigenvalue weighted by Crippen LogP contribution is -2.05.